The summed E-state index contributed by atoms with van der Waals surface area (Å²) in [5.41, 5.74) is 4.56. The van der Waals surface area contributed by atoms with Crippen molar-refractivity contribution in [3.63, 3.8) is 0 Å². The quantitative estimate of drug-likeness (QED) is 0.227. The summed E-state index contributed by atoms with van der Waals surface area (Å²) in [6.45, 7) is 0. The van der Waals surface area contributed by atoms with E-state index in [4.69, 9.17) is 9.90 Å². The van der Waals surface area contributed by atoms with Crippen LogP contribution in [0.15, 0.2) is 138 Å². The molecule has 0 saturated carbocycles. The van der Waals surface area contributed by atoms with Crippen molar-refractivity contribution in [2.24, 2.45) is 0 Å². The van der Waals surface area contributed by atoms with Crippen molar-refractivity contribution in [3.05, 3.63) is 133 Å². The molecule has 8 rings (SSSR count). The molecule has 0 bridgehead atoms. The zero-order valence-corrected chi connectivity index (χ0v) is 19.8. The van der Waals surface area contributed by atoms with Crippen LogP contribution in [0.2, 0.25) is 0 Å². The third-order valence-electron chi connectivity index (χ3n) is 7.27. The van der Waals surface area contributed by atoms with Crippen LogP contribution in [0.4, 0.5) is 0 Å². The molecule has 1 heteroatoms. The van der Waals surface area contributed by atoms with E-state index < -0.39 is 0 Å². The monoisotopic (exact) mass is 474 g/mol. The van der Waals surface area contributed by atoms with Crippen molar-refractivity contribution in [3.8, 4) is 22.3 Å². The molecule has 0 fully saturated rings. The van der Waals surface area contributed by atoms with Crippen LogP contribution in [0.25, 0.3) is 76.5 Å². The smallest absolute Gasteiger partial charge is 0.136 e. The largest absolute Gasteiger partial charge is 0.456 e. The van der Waals surface area contributed by atoms with Gasteiger partial charge < -0.3 is 4.42 Å². The van der Waals surface area contributed by atoms with E-state index in [2.05, 4.69) is 24.3 Å². The minimum Gasteiger partial charge on any atom is -0.456 e. The molecule has 0 aliphatic rings. The van der Waals surface area contributed by atoms with Crippen molar-refractivity contribution in [1.82, 2.24) is 0 Å². The van der Waals surface area contributed by atoms with Gasteiger partial charge >= 0.3 is 0 Å². The fourth-order valence-corrected chi connectivity index (χ4v) is 5.71. The molecule has 0 spiro atoms. The van der Waals surface area contributed by atoms with Gasteiger partial charge in [-0.15, -0.1) is 0 Å². The normalized spacial score (nSPS) is 13.3. The van der Waals surface area contributed by atoms with E-state index in [0.29, 0.717) is 38.3 Å². The van der Waals surface area contributed by atoms with Gasteiger partial charge in [0.1, 0.15) is 11.2 Å². The van der Waals surface area contributed by atoms with E-state index >= 15 is 0 Å². The van der Waals surface area contributed by atoms with Gasteiger partial charge in [-0.3, -0.25) is 0 Å². The van der Waals surface area contributed by atoms with Gasteiger partial charge in [-0.1, -0.05) is 115 Å². The molecule has 0 saturated heterocycles. The first-order chi connectivity index (χ1) is 20.0. The van der Waals surface area contributed by atoms with Gasteiger partial charge in [-0.2, -0.15) is 0 Å². The molecule has 7 aromatic carbocycles. The zero-order chi connectivity index (χ0) is 27.8. The highest BCUT2D eigenvalue weighted by Crippen LogP contribution is 2.47. The fraction of sp³-hybridized carbons (Fsp3) is 0. The van der Waals surface area contributed by atoms with Gasteiger partial charge in [0.05, 0.1) is 5.48 Å². The maximum atomic E-state index is 9.14. The van der Waals surface area contributed by atoms with Gasteiger partial charge in [-0.25, -0.2) is 0 Å². The number of hydrogen-bond acceptors (Lipinski definition) is 1. The number of benzene rings is 7. The molecule has 37 heavy (non-hydrogen) atoms. The highest BCUT2D eigenvalue weighted by Gasteiger charge is 2.20. The second-order valence-electron chi connectivity index (χ2n) is 9.34. The summed E-state index contributed by atoms with van der Waals surface area (Å²) in [6.07, 6.45) is 0. The van der Waals surface area contributed by atoms with E-state index in [1.54, 1.807) is 24.3 Å². The average Bonchev–Trinajstić information content (AvgIpc) is 3.36. The summed E-state index contributed by atoms with van der Waals surface area (Å²) < 4.78 is 42.8. The Morgan fingerprint density at radius 1 is 0.459 bits per heavy atom. The summed E-state index contributed by atoms with van der Waals surface area (Å²) in [7, 11) is 0. The van der Waals surface area contributed by atoms with Gasteiger partial charge in [-0.05, 0) is 72.8 Å². The Bertz CT molecular complexity index is 2280. The van der Waals surface area contributed by atoms with Crippen LogP contribution in [0.3, 0.4) is 0 Å². The molecule has 0 amide bonds. The highest BCUT2D eigenvalue weighted by molar-refractivity contribution is 6.26. The number of fused-ring (bicyclic) bond motifs is 6. The molecule has 172 valence electrons. The lowest BCUT2D eigenvalue weighted by molar-refractivity contribution is 0.669. The first-order valence-corrected chi connectivity index (χ1v) is 12.4. The minimum atomic E-state index is 0.273. The zero-order valence-electron chi connectivity index (χ0n) is 23.8. The lowest BCUT2D eigenvalue weighted by atomic mass is 9.85. The predicted octanol–water partition coefficient (Wildman–Crippen LogP) is 10.4. The van der Waals surface area contributed by atoms with Crippen LogP contribution in [0.5, 0.6) is 0 Å². The Hall–Kier alpha value is -4.88. The van der Waals surface area contributed by atoms with E-state index in [1.807, 2.05) is 60.7 Å². The first-order valence-electron chi connectivity index (χ1n) is 14.4. The number of furan rings is 1. The Labute approximate surface area is 219 Å². The SMILES string of the molecule is [2H]c1ccc([2H])c2c(-c3cccc4oc5cc6ccccc6cc5c34)c3c([2H])ccc([2H])c3c(-c3ccccc3)c12. The third kappa shape index (κ3) is 2.98. The van der Waals surface area contributed by atoms with Crippen LogP contribution in [-0.2, 0) is 0 Å². The molecule has 8 aromatic rings. The van der Waals surface area contributed by atoms with Gasteiger partial charge in [0.15, 0.2) is 0 Å². The molecule has 0 N–H and O–H groups in total. The van der Waals surface area contributed by atoms with Crippen LogP contribution >= 0.6 is 0 Å². The Morgan fingerprint density at radius 3 is 1.73 bits per heavy atom. The molecular weight excluding hydrogens is 448 g/mol. The minimum absolute atomic E-state index is 0.273. The van der Waals surface area contributed by atoms with E-state index in [9.17, 15) is 0 Å². The van der Waals surface area contributed by atoms with Crippen molar-refractivity contribution in [2.45, 2.75) is 0 Å². The molecule has 1 aromatic heterocycles. The lowest BCUT2D eigenvalue weighted by Gasteiger charge is -2.18. The van der Waals surface area contributed by atoms with Crippen molar-refractivity contribution >= 4 is 54.3 Å². The van der Waals surface area contributed by atoms with E-state index in [1.165, 1.54) is 0 Å². The third-order valence-corrected chi connectivity index (χ3v) is 7.27. The van der Waals surface area contributed by atoms with Crippen molar-refractivity contribution in [1.29, 1.82) is 0 Å². The Kier molecular flexibility index (Phi) is 3.53. The van der Waals surface area contributed by atoms with Crippen LogP contribution in [-0.4, -0.2) is 0 Å². The standard InChI is InChI=1S/C36H22O/c1-2-11-23(12-3-1)34-26-15-6-8-17-28(26)35(29-18-9-7-16-27(29)34)30-19-10-20-32-36(30)31-21-24-13-4-5-14-25(24)22-33(31)37-32/h1-22H/i15D,16D,17D,18D. The van der Waals surface area contributed by atoms with Crippen LogP contribution in [0.1, 0.15) is 5.48 Å². The molecule has 0 aliphatic carbocycles. The molecule has 0 atom stereocenters. The van der Waals surface area contributed by atoms with Gasteiger partial charge in [0.25, 0.3) is 0 Å². The molecule has 1 nitrogen and oxygen atoms in total. The molecule has 0 unspecified atom stereocenters. The summed E-state index contributed by atoms with van der Waals surface area (Å²) in [4.78, 5) is 0. The average molecular weight is 475 g/mol. The van der Waals surface area contributed by atoms with Gasteiger partial charge in [0, 0.05) is 10.8 Å². The summed E-state index contributed by atoms with van der Waals surface area (Å²) in [5.74, 6) is 0. The number of hydrogen-bond donors (Lipinski definition) is 0. The Morgan fingerprint density at radius 2 is 1.05 bits per heavy atom. The molecule has 1 heterocycles. The first kappa shape index (κ1) is 16.7. The topological polar surface area (TPSA) is 13.1 Å². The maximum absolute atomic E-state index is 9.14. The second kappa shape index (κ2) is 7.81. The van der Waals surface area contributed by atoms with Crippen molar-refractivity contribution in [2.75, 3.05) is 0 Å². The van der Waals surface area contributed by atoms with Gasteiger partial charge in [0.2, 0.25) is 0 Å². The lowest BCUT2D eigenvalue weighted by Crippen LogP contribution is -1.91. The summed E-state index contributed by atoms with van der Waals surface area (Å²) in [5, 5.41) is 6.45. The number of rotatable bonds is 2. The van der Waals surface area contributed by atoms with Crippen LogP contribution < -0.4 is 0 Å². The highest BCUT2D eigenvalue weighted by atomic mass is 16.3. The molecule has 0 radical (unpaired) electrons. The van der Waals surface area contributed by atoms with E-state index in [-0.39, 0.29) is 24.2 Å². The van der Waals surface area contributed by atoms with Crippen molar-refractivity contribution < 1.29 is 9.90 Å². The molecular formula is C36H22O. The molecule has 0 aliphatic heterocycles. The predicted molar refractivity (Wildman–Crippen MR) is 157 cm³/mol. The second-order valence-corrected chi connectivity index (χ2v) is 9.34. The maximum Gasteiger partial charge on any atom is 0.136 e. The summed E-state index contributed by atoms with van der Waals surface area (Å²) in [6, 6.07) is 35.7. The Balaban J connectivity index is 1.65. The summed E-state index contributed by atoms with van der Waals surface area (Å²) >= 11 is 0. The van der Waals surface area contributed by atoms with Crippen LogP contribution in [0, 0.1) is 0 Å². The fourth-order valence-electron chi connectivity index (χ4n) is 5.71. The van der Waals surface area contributed by atoms with E-state index in [0.717, 1.165) is 38.3 Å².